The summed E-state index contributed by atoms with van der Waals surface area (Å²) in [6, 6.07) is 13.0. The number of alkyl halides is 2. The predicted molar refractivity (Wildman–Crippen MR) is 142 cm³/mol. The summed E-state index contributed by atoms with van der Waals surface area (Å²) in [5.74, 6) is -3.25. The first-order chi connectivity index (χ1) is 19.3. The Morgan fingerprint density at radius 2 is 1.82 bits per heavy atom. The maximum atomic E-state index is 15.2. The van der Waals surface area contributed by atoms with Crippen LogP contribution in [0.1, 0.15) is 12.0 Å². The molecule has 1 fully saturated rings. The Morgan fingerprint density at radius 3 is 2.65 bits per heavy atom. The molecular weight excluding hydrogens is 522 g/mol. The van der Waals surface area contributed by atoms with Crippen molar-refractivity contribution in [3.8, 4) is 33.9 Å². The van der Waals surface area contributed by atoms with Crippen molar-refractivity contribution in [1.82, 2.24) is 35.0 Å². The minimum atomic E-state index is -2.68. The molecule has 0 spiro atoms. The normalized spacial score (nSPS) is 15.4. The highest BCUT2D eigenvalue weighted by Gasteiger charge is 2.37. The standard InChI is InChI=1S/C29H21F4N7/c30-21-4-2-1-3-19(21)25-27-23(5-7-35-25)36-28(37-27)26-20-10-17(11-22(31)24(20)38-39-26)18-9-16(12-34-13-18)14-40-8-6-29(32,33)15-40/h1-5,7,9-13H,6,8,14-15H2,(H,36,37)(H,38,39). The number of nitrogens with one attached hydrogen (secondary N) is 2. The predicted octanol–water partition coefficient (Wildman–Crippen LogP) is 6.35. The zero-order valence-corrected chi connectivity index (χ0v) is 20.9. The molecule has 1 aliphatic rings. The van der Waals surface area contributed by atoms with Gasteiger partial charge < -0.3 is 4.98 Å². The van der Waals surface area contributed by atoms with Crippen LogP contribution in [0.2, 0.25) is 0 Å². The molecule has 7 rings (SSSR count). The van der Waals surface area contributed by atoms with Crippen LogP contribution in [0.3, 0.4) is 0 Å². The lowest BCUT2D eigenvalue weighted by molar-refractivity contribution is 0.0115. The number of hydrogen-bond donors (Lipinski definition) is 2. The molecule has 0 radical (unpaired) electrons. The van der Waals surface area contributed by atoms with Crippen molar-refractivity contribution in [2.75, 3.05) is 13.1 Å². The highest BCUT2D eigenvalue weighted by molar-refractivity contribution is 5.97. The van der Waals surface area contributed by atoms with Crippen LogP contribution in [0.4, 0.5) is 17.6 Å². The van der Waals surface area contributed by atoms with Gasteiger partial charge in [-0.3, -0.25) is 20.0 Å². The van der Waals surface area contributed by atoms with E-state index < -0.39 is 17.6 Å². The van der Waals surface area contributed by atoms with E-state index in [9.17, 15) is 13.2 Å². The molecule has 7 nitrogen and oxygen atoms in total. The number of aromatic nitrogens is 6. The lowest BCUT2D eigenvalue weighted by Gasteiger charge is -2.15. The highest BCUT2D eigenvalue weighted by atomic mass is 19.3. The minimum Gasteiger partial charge on any atom is -0.336 e. The van der Waals surface area contributed by atoms with E-state index in [1.807, 2.05) is 6.07 Å². The highest BCUT2D eigenvalue weighted by Crippen LogP contribution is 2.34. The molecule has 0 aliphatic carbocycles. The van der Waals surface area contributed by atoms with E-state index in [2.05, 4.69) is 30.1 Å². The lowest BCUT2D eigenvalue weighted by atomic mass is 10.0. The summed E-state index contributed by atoms with van der Waals surface area (Å²) < 4.78 is 57.1. The van der Waals surface area contributed by atoms with Gasteiger partial charge in [0.25, 0.3) is 5.92 Å². The van der Waals surface area contributed by atoms with E-state index in [4.69, 9.17) is 0 Å². The maximum absolute atomic E-state index is 15.2. The van der Waals surface area contributed by atoms with E-state index in [0.29, 0.717) is 63.4 Å². The number of fused-ring (bicyclic) bond motifs is 2. The van der Waals surface area contributed by atoms with E-state index in [1.54, 1.807) is 53.8 Å². The lowest BCUT2D eigenvalue weighted by Crippen LogP contribution is -2.24. The number of halogens is 4. The van der Waals surface area contributed by atoms with Crippen molar-refractivity contribution in [2.45, 2.75) is 18.9 Å². The molecule has 200 valence electrons. The summed E-state index contributed by atoms with van der Waals surface area (Å²) in [4.78, 5) is 18.2. The summed E-state index contributed by atoms with van der Waals surface area (Å²) in [5.41, 5.74) is 4.32. The summed E-state index contributed by atoms with van der Waals surface area (Å²) >= 11 is 0. The van der Waals surface area contributed by atoms with Gasteiger partial charge in [-0.1, -0.05) is 12.1 Å². The van der Waals surface area contributed by atoms with Crippen molar-refractivity contribution in [2.24, 2.45) is 0 Å². The molecule has 5 heterocycles. The van der Waals surface area contributed by atoms with Crippen LogP contribution in [0.5, 0.6) is 0 Å². The summed E-state index contributed by atoms with van der Waals surface area (Å²) in [6.07, 6.45) is 4.64. The van der Waals surface area contributed by atoms with Gasteiger partial charge in [-0.15, -0.1) is 0 Å². The largest absolute Gasteiger partial charge is 0.336 e. The number of nitrogens with zero attached hydrogens (tertiary/aromatic N) is 5. The minimum absolute atomic E-state index is 0.162. The van der Waals surface area contributed by atoms with Crippen LogP contribution >= 0.6 is 0 Å². The second kappa shape index (κ2) is 9.23. The first-order valence-corrected chi connectivity index (χ1v) is 12.7. The monoisotopic (exact) mass is 543 g/mol. The van der Waals surface area contributed by atoms with Gasteiger partial charge in [0.2, 0.25) is 0 Å². The van der Waals surface area contributed by atoms with Crippen LogP contribution in [-0.4, -0.2) is 54.0 Å². The van der Waals surface area contributed by atoms with Gasteiger partial charge in [0.05, 0.1) is 12.1 Å². The Hall–Kier alpha value is -4.64. The van der Waals surface area contributed by atoms with Crippen LogP contribution in [0.25, 0.3) is 55.8 Å². The van der Waals surface area contributed by atoms with Gasteiger partial charge in [-0.25, -0.2) is 22.5 Å². The van der Waals surface area contributed by atoms with Gasteiger partial charge in [-0.2, -0.15) is 5.10 Å². The Labute approximate surface area is 224 Å². The number of benzene rings is 2. The molecular formula is C29H21F4N7. The van der Waals surface area contributed by atoms with Crippen molar-refractivity contribution >= 4 is 21.9 Å². The second-order valence-corrected chi connectivity index (χ2v) is 9.97. The van der Waals surface area contributed by atoms with Crippen LogP contribution < -0.4 is 0 Å². The van der Waals surface area contributed by atoms with Crippen molar-refractivity contribution in [3.05, 3.63) is 84.3 Å². The molecule has 0 amide bonds. The number of pyridine rings is 2. The third-order valence-corrected chi connectivity index (χ3v) is 7.16. The number of likely N-dealkylation sites (tertiary alicyclic amines) is 1. The van der Waals surface area contributed by atoms with Crippen LogP contribution in [0, 0.1) is 11.6 Å². The molecule has 0 atom stereocenters. The molecule has 0 unspecified atom stereocenters. The third kappa shape index (κ3) is 4.28. The van der Waals surface area contributed by atoms with Gasteiger partial charge in [-0.05, 0) is 47.5 Å². The number of hydrogen-bond acceptors (Lipinski definition) is 5. The average Bonchev–Trinajstić information content (AvgIpc) is 3.65. The molecule has 1 aliphatic heterocycles. The van der Waals surface area contributed by atoms with Gasteiger partial charge in [0, 0.05) is 54.6 Å². The van der Waals surface area contributed by atoms with Crippen LogP contribution in [-0.2, 0) is 6.54 Å². The smallest absolute Gasteiger partial charge is 0.261 e. The Kier molecular flexibility index (Phi) is 5.63. The molecule has 0 saturated carbocycles. The molecule has 0 bridgehead atoms. The van der Waals surface area contributed by atoms with E-state index in [1.165, 1.54) is 12.1 Å². The average molecular weight is 544 g/mol. The Morgan fingerprint density at radius 1 is 0.950 bits per heavy atom. The second-order valence-electron chi connectivity index (χ2n) is 9.97. The fourth-order valence-electron chi connectivity index (χ4n) is 5.26. The van der Waals surface area contributed by atoms with Crippen molar-refractivity contribution in [1.29, 1.82) is 0 Å². The molecule has 4 aromatic heterocycles. The molecule has 40 heavy (non-hydrogen) atoms. The summed E-state index contributed by atoms with van der Waals surface area (Å²) in [5, 5.41) is 7.56. The third-order valence-electron chi connectivity index (χ3n) is 7.16. The molecule has 11 heteroatoms. The number of H-pyrrole nitrogens is 2. The Bertz CT molecular complexity index is 1890. The number of rotatable bonds is 5. The van der Waals surface area contributed by atoms with E-state index in [0.717, 1.165) is 5.56 Å². The van der Waals surface area contributed by atoms with Crippen molar-refractivity contribution < 1.29 is 17.6 Å². The zero-order chi connectivity index (χ0) is 27.4. The summed E-state index contributed by atoms with van der Waals surface area (Å²) in [6.45, 7) is 0.346. The van der Waals surface area contributed by atoms with E-state index in [-0.39, 0.29) is 18.5 Å². The first-order valence-electron chi connectivity index (χ1n) is 12.7. The SMILES string of the molecule is Fc1ccccc1-c1nccc2[nH]c(-c3n[nH]c4c(F)cc(-c5cncc(CN6CCC(F)(F)C6)c5)cc34)nc12. The number of aromatic amines is 2. The first kappa shape index (κ1) is 24.4. The molecule has 6 aromatic rings. The molecule has 2 aromatic carbocycles. The van der Waals surface area contributed by atoms with Crippen LogP contribution in [0.15, 0.2) is 67.1 Å². The fourth-order valence-corrected chi connectivity index (χ4v) is 5.26. The zero-order valence-electron chi connectivity index (χ0n) is 20.9. The number of imidazole rings is 1. The Balaban J connectivity index is 1.28. The van der Waals surface area contributed by atoms with Gasteiger partial charge in [0.1, 0.15) is 34.1 Å². The van der Waals surface area contributed by atoms with Gasteiger partial charge >= 0.3 is 0 Å². The quantitative estimate of drug-likeness (QED) is 0.248. The van der Waals surface area contributed by atoms with E-state index >= 15 is 4.39 Å². The topological polar surface area (TPSA) is 86.4 Å². The molecule has 1 saturated heterocycles. The fraction of sp³-hybridized carbons (Fsp3) is 0.172. The van der Waals surface area contributed by atoms with Crippen molar-refractivity contribution in [3.63, 3.8) is 0 Å². The maximum Gasteiger partial charge on any atom is 0.261 e. The summed E-state index contributed by atoms with van der Waals surface area (Å²) in [7, 11) is 0. The van der Waals surface area contributed by atoms with Gasteiger partial charge in [0.15, 0.2) is 5.82 Å². The molecule has 2 N–H and O–H groups in total.